The lowest BCUT2D eigenvalue weighted by atomic mass is 10.1. The van der Waals surface area contributed by atoms with Crippen LogP contribution in [0.3, 0.4) is 0 Å². The number of carbonyl (C=O) groups is 1. The number of esters is 1. The molecule has 4 nitrogen and oxygen atoms in total. The molecule has 1 heterocycles. The van der Waals surface area contributed by atoms with Crippen molar-refractivity contribution in [3.05, 3.63) is 45.9 Å². The number of nitrogens with one attached hydrogen (secondary N) is 1. The molecule has 0 spiro atoms. The average Bonchev–Trinajstić information content (AvgIpc) is 2.94. The predicted octanol–water partition coefficient (Wildman–Crippen LogP) is 3.41. The molecular formula is C14H16N2O2S. The minimum atomic E-state index is -0.313. The van der Waals surface area contributed by atoms with Crippen LogP contribution in [0.1, 0.15) is 33.8 Å². The van der Waals surface area contributed by atoms with Crippen LogP contribution in [0.15, 0.2) is 29.9 Å². The fraction of sp³-hybridized carbons (Fsp3) is 0.286. The highest BCUT2D eigenvalue weighted by molar-refractivity contribution is 7.09. The summed E-state index contributed by atoms with van der Waals surface area (Å²) in [6, 6.07) is 5.73. The maximum Gasteiger partial charge on any atom is 0.338 e. The van der Waals surface area contributed by atoms with Gasteiger partial charge in [0.15, 0.2) is 0 Å². The lowest BCUT2D eigenvalue weighted by Crippen LogP contribution is -2.10. The minimum absolute atomic E-state index is 0.152. The van der Waals surface area contributed by atoms with E-state index in [1.807, 2.05) is 30.8 Å². The van der Waals surface area contributed by atoms with Crippen LogP contribution in [-0.2, 0) is 4.74 Å². The Morgan fingerprint density at radius 2 is 2.26 bits per heavy atom. The summed E-state index contributed by atoms with van der Waals surface area (Å²) in [4.78, 5) is 16.9. The number of nitrogens with zero attached hydrogens (tertiary/aromatic N) is 1. The van der Waals surface area contributed by atoms with E-state index in [1.165, 1.54) is 7.11 Å². The highest BCUT2D eigenvalue weighted by Crippen LogP contribution is 2.26. The smallest absolute Gasteiger partial charge is 0.338 e. The monoisotopic (exact) mass is 276 g/mol. The highest BCUT2D eigenvalue weighted by atomic mass is 32.1. The molecule has 0 aliphatic heterocycles. The van der Waals surface area contributed by atoms with Gasteiger partial charge in [-0.05, 0) is 31.5 Å². The van der Waals surface area contributed by atoms with Gasteiger partial charge in [-0.3, -0.25) is 4.98 Å². The van der Waals surface area contributed by atoms with Gasteiger partial charge in [0.05, 0.1) is 24.2 Å². The Kier molecular flexibility index (Phi) is 4.16. The van der Waals surface area contributed by atoms with Crippen molar-refractivity contribution < 1.29 is 9.53 Å². The SMILES string of the molecule is COC(=O)c1cccc(NC(C)c2cncs2)c1C. The molecule has 0 aliphatic rings. The normalized spacial score (nSPS) is 11.9. The first-order valence-electron chi connectivity index (χ1n) is 5.96. The summed E-state index contributed by atoms with van der Waals surface area (Å²) in [6.07, 6.45) is 1.85. The summed E-state index contributed by atoms with van der Waals surface area (Å²) in [7, 11) is 1.39. The van der Waals surface area contributed by atoms with Gasteiger partial charge >= 0.3 is 5.97 Å². The number of hydrogen-bond donors (Lipinski definition) is 1. The van der Waals surface area contributed by atoms with Crippen molar-refractivity contribution in [1.82, 2.24) is 4.98 Å². The van der Waals surface area contributed by atoms with Crippen molar-refractivity contribution in [1.29, 1.82) is 0 Å². The summed E-state index contributed by atoms with van der Waals surface area (Å²) < 4.78 is 4.77. The molecule has 0 saturated heterocycles. The molecule has 1 unspecified atom stereocenters. The van der Waals surface area contributed by atoms with Crippen molar-refractivity contribution in [3.8, 4) is 0 Å². The zero-order valence-electron chi connectivity index (χ0n) is 11.1. The Morgan fingerprint density at radius 1 is 1.47 bits per heavy atom. The number of carbonyl (C=O) groups excluding carboxylic acids is 1. The van der Waals surface area contributed by atoms with Gasteiger partial charge in [-0.25, -0.2) is 4.79 Å². The van der Waals surface area contributed by atoms with E-state index in [2.05, 4.69) is 17.2 Å². The van der Waals surface area contributed by atoms with Crippen molar-refractivity contribution >= 4 is 23.0 Å². The summed E-state index contributed by atoms with van der Waals surface area (Å²) >= 11 is 1.61. The van der Waals surface area contributed by atoms with E-state index >= 15 is 0 Å². The van der Waals surface area contributed by atoms with E-state index in [0.29, 0.717) is 5.56 Å². The number of ether oxygens (including phenoxy) is 1. The van der Waals surface area contributed by atoms with Crippen LogP contribution in [0.4, 0.5) is 5.69 Å². The molecule has 1 aromatic heterocycles. The topological polar surface area (TPSA) is 51.2 Å². The molecule has 2 aromatic rings. The number of rotatable bonds is 4. The van der Waals surface area contributed by atoms with E-state index in [9.17, 15) is 4.79 Å². The first-order valence-corrected chi connectivity index (χ1v) is 6.84. The van der Waals surface area contributed by atoms with Crippen LogP contribution in [0.25, 0.3) is 0 Å². The third kappa shape index (κ3) is 2.93. The first-order chi connectivity index (χ1) is 9.13. The van der Waals surface area contributed by atoms with Gasteiger partial charge in [-0.15, -0.1) is 11.3 Å². The fourth-order valence-corrected chi connectivity index (χ4v) is 2.50. The number of benzene rings is 1. The molecule has 0 saturated carbocycles. The Bertz CT molecular complexity index is 567. The van der Waals surface area contributed by atoms with Gasteiger partial charge in [0.1, 0.15) is 0 Å². The summed E-state index contributed by atoms with van der Waals surface area (Å²) in [5, 5.41) is 3.39. The summed E-state index contributed by atoms with van der Waals surface area (Å²) in [5.41, 5.74) is 4.23. The Balaban J connectivity index is 2.24. The van der Waals surface area contributed by atoms with E-state index in [1.54, 1.807) is 17.4 Å². The summed E-state index contributed by atoms with van der Waals surface area (Å²) in [6.45, 7) is 3.98. The molecule has 100 valence electrons. The Hall–Kier alpha value is -1.88. The molecule has 5 heteroatoms. The number of thiazole rings is 1. The molecule has 1 N–H and O–H groups in total. The van der Waals surface area contributed by atoms with Gasteiger partial charge in [0, 0.05) is 16.8 Å². The number of hydrogen-bond acceptors (Lipinski definition) is 5. The van der Waals surface area contributed by atoms with Crippen molar-refractivity contribution in [2.75, 3.05) is 12.4 Å². The van der Waals surface area contributed by atoms with Crippen LogP contribution in [0, 0.1) is 6.92 Å². The zero-order chi connectivity index (χ0) is 13.8. The van der Waals surface area contributed by atoms with Crippen LogP contribution >= 0.6 is 11.3 Å². The molecule has 0 aliphatic carbocycles. The van der Waals surface area contributed by atoms with Gasteiger partial charge in [-0.1, -0.05) is 6.07 Å². The molecule has 0 amide bonds. The quantitative estimate of drug-likeness (QED) is 0.869. The largest absolute Gasteiger partial charge is 0.465 e. The molecule has 0 radical (unpaired) electrons. The predicted molar refractivity (Wildman–Crippen MR) is 76.7 cm³/mol. The maximum atomic E-state index is 11.6. The van der Waals surface area contributed by atoms with Crippen molar-refractivity contribution in [2.45, 2.75) is 19.9 Å². The number of aromatic nitrogens is 1. The summed E-state index contributed by atoms with van der Waals surface area (Å²) in [5.74, 6) is -0.313. The third-order valence-corrected chi connectivity index (χ3v) is 3.95. The number of anilines is 1. The standard InChI is InChI=1S/C14H16N2O2S/c1-9-11(14(17)18-3)5-4-6-12(9)16-10(2)13-7-15-8-19-13/h4-8,10,16H,1-3H3. The third-order valence-electron chi connectivity index (χ3n) is 2.99. The molecule has 0 bridgehead atoms. The van der Waals surface area contributed by atoms with Crippen LogP contribution in [0.2, 0.25) is 0 Å². The van der Waals surface area contributed by atoms with Gasteiger partial charge in [0.25, 0.3) is 0 Å². The highest BCUT2D eigenvalue weighted by Gasteiger charge is 2.14. The second kappa shape index (κ2) is 5.84. The van der Waals surface area contributed by atoms with E-state index in [-0.39, 0.29) is 12.0 Å². The van der Waals surface area contributed by atoms with E-state index in [4.69, 9.17) is 4.74 Å². The number of methoxy groups -OCH3 is 1. The Labute approximate surface area is 116 Å². The second-order valence-electron chi connectivity index (χ2n) is 4.24. The lowest BCUT2D eigenvalue weighted by Gasteiger charge is -2.16. The Morgan fingerprint density at radius 3 is 2.89 bits per heavy atom. The maximum absolute atomic E-state index is 11.6. The van der Waals surface area contributed by atoms with Crippen LogP contribution in [0.5, 0.6) is 0 Å². The van der Waals surface area contributed by atoms with Crippen molar-refractivity contribution in [2.24, 2.45) is 0 Å². The molecule has 2 rings (SSSR count). The average molecular weight is 276 g/mol. The van der Waals surface area contributed by atoms with Crippen LogP contribution < -0.4 is 5.32 Å². The minimum Gasteiger partial charge on any atom is -0.465 e. The molecule has 1 atom stereocenters. The molecule has 1 aromatic carbocycles. The van der Waals surface area contributed by atoms with Crippen molar-refractivity contribution in [3.63, 3.8) is 0 Å². The molecular weight excluding hydrogens is 260 g/mol. The first kappa shape index (κ1) is 13.5. The zero-order valence-corrected chi connectivity index (χ0v) is 12.0. The fourth-order valence-electron chi connectivity index (χ4n) is 1.87. The lowest BCUT2D eigenvalue weighted by molar-refractivity contribution is 0.0600. The van der Waals surface area contributed by atoms with Gasteiger partial charge in [0.2, 0.25) is 0 Å². The molecule has 0 fully saturated rings. The van der Waals surface area contributed by atoms with E-state index in [0.717, 1.165) is 16.1 Å². The second-order valence-corrected chi connectivity index (χ2v) is 5.16. The molecule has 19 heavy (non-hydrogen) atoms. The van der Waals surface area contributed by atoms with E-state index < -0.39 is 0 Å². The van der Waals surface area contributed by atoms with Gasteiger partial charge in [-0.2, -0.15) is 0 Å². The van der Waals surface area contributed by atoms with Crippen LogP contribution in [-0.4, -0.2) is 18.1 Å². The van der Waals surface area contributed by atoms with Gasteiger partial charge < -0.3 is 10.1 Å².